The number of nitrogens with one attached hydrogen (secondary N) is 2. The number of thiophene rings is 1. The van der Waals surface area contributed by atoms with Crippen molar-refractivity contribution in [2.24, 2.45) is 5.92 Å². The Morgan fingerprint density at radius 3 is 2.60 bits per heavy atom. The molecule has 30 heavy (non-hydrogen) atoms. The van der Waals surface area contributed by atoms with Gasteiger partial charge in [-0.1, -0.05) is 6.07 Å². The molecule has 3 rings (SSSR count). The van der Waals surface area contributed by atoms with Gasteiger partial charge in [-0.2, -0.15) is 0 Å². The fraction of sp³-hybridized carbons (Fsp3) is 0.500. The summed E-state index contributed by atoms with van der Waals surface area (Å²) < 4.78 is 10.4. The van der Waals surface area contributed by atoms with Crippen LogP contribution in [-0.4, -0.2) is 61.1 Å². The van der Waals surface area contributed by atoms with Crippen molar-refractivity contribution in [1.82, 2.24) is 15.5 Å². The van der Waals surface area contributed by atoms with Crippen LogP contribution in [0.15, 0.2) is 28.8 Å². The zero-order valence-electron chi connectivity index (χ0n) is 16.9. The topological polar surface area (TPSA) is 114 Å². The largest absolute Gasteiger partial charge is 0.463 e. The Labute approximate surface area is 178 Å². The number of nitrogens with zero attached hydrogens (tertiary/aromatic N) is 1. The first kappa shape index (κ1) is 21.8. The van der Waals surface area contributed by atoms with Gasteiger partial charge in [-0.25, -0.2) is 9.59 Å². The molecular weight excluding hydrogens is 410 g/mol. The van der Waals surface area contributed by atoms with Crippen molar-refractivity contribution in [1.29, 1.82) is 0 Å². The zero-order chi connectivity index (χ0) is 21.7. The highest BCUT2D eigenvalue weighted by Gasteiger charge is 2.32. The second-order valence-corrected chi connectivity index (χ2v) is 8.03. The highest BCUT2D eigenvalue weighted by atomic mass is 32.1. The standard InChI is InChI=1S/C20H25N3O6S/c1-3-28-19(26)16-12(2)21-20(27)22-14(16)11-29-18(25)13-6-8-23(9-7-13)17(24)15-5-4-10-30-15/h4-5,10,12-13H,3,6-9,11H2,1-2H3,(H2,21,22,27)/t12-/m1/s1. The highest BCUT2D eigenvalue weighted by Crippen LogP contribution is 2.22. The minimum Gasteiger partial charge on any atom is -0.463 e. The van der Waals surface area contributed by atoms with Crippen LogP contribution < -0.4 is 10.6 Å². The van der Waals surface area contributed by atoms with Gasteiger partial charge in [-0.3, -0.25) is 9.59 Å². The van der Waals surface area contributed by atoms with Crippen molar-refractivity contribution >= 4 is 35.2 Å². The number of esters is 2. The van der Waals surface area contributed by atoms with Crippen LogP contribution in [0, 0.1) is 5.92 Å². The second kappa shape index (κ2) is 9.75. The van der Waals surface area contributed by atoms with Crippen molar-refractivity contribution < 1.29 is 28.7 Å². The fourth-order valence-corrected chi connectivity index (χ4v) is 4.22. The minimum atomic E-state index is -0.566. The number of amides is 3. The van der Waals surface area contributed by atoms with Gasteiger partial charge in [0, 0.05) is 13.1 Å². The monoisotopic (exact) mass is 435 g/mol. The molecule has 1 fully saturated rings. The summed E-state index contributed by atoms with van der Waals surface area (Å²) in [6, 6.07) is 2.60. The first-order chi connectivity index (χ1) is 14.4. The molecule has 162 valence electrons. The Balaban J connectivity index is 1.57. The Morgan fingerprint density at radius 1 is 1.23 bits per heavy atom. The summed E-state index contributed by atoms with van der Waals surface area (Å²) in [5.74, 6) is -1.33. The van der Waals surface area contributed by atoms with Gasteiger partial charge in [0.1, 0.15) is 6.61 Å². The molecule has 2 aliphatic rings. The zero-order valence-corrected chi connectivity index (χ0v) is 17.8. The van der Waals surface area contributed by atoms with E-state index in [0.717, 1.165) is 0 Å². The van der Waals surface area contributed by atoms with Crippen LogP contribution in [0.1, 0.15) is 36.4 Å². The second-order valence-electron chi connectivity index (χ2n) is 7.08. The van der Waals surface area contributed by atoms with Crippen LogP contribution in [-0.2, 0) is 19.1 Å². The maximum absolute atomic E-state index is 12.5. The Hall–Kier alpha value is -2.88. The predicted octanol–water partition coefficient (Wildman–Crippen LogP) is 1.66. The molecule has 0 spiro atoms. The smallest absolute Gasteiger partial charge is 0.338 e. The molecule has 3 amide bonds. The number of urea groups is 1. The van der Waals surface area contributed by atoms with E-state index in [2.05, 4.69) is 10.6 Å². The van der Waals surface area contributed by atoms with Crippen molar-refractivity contribution in [2.45, 2.75) is 32.7 Å². The van der Waals surface area contributed by atoms with E-state index >= 15 is 0 Å². The molecule has 3 heterocycles. The number of ether oxygens (including phenoxy) is 2. The maximum Gasteiger partial charge on any atom is 0.338 e. The third-order valence-electron chi connectivity index (χ3n) is 5.07. The van der Waals surface area contributed by atoms with E-state index < -0.39 is 24.0 Å². The molecule has 2 N–H and O–H groups in total. The van der Waals surface area contributed by atoms with E-state index in [4.69, 9.17) is 9.47 Å². The molecule has 0 unspecified atom stereocenters. The van der Waals surface area contributed by atoms with Crippen LogP contribution >= 0.6 is 11.3 Å². The number of piperidine rings is 1. The fourth-order valence-electron chi connectivity index (χ4n) is 3.53. The molecule has 10 heteroatoms. The molecule has 0 aromatic carbocycles. The molecule has 9 nitrogen and oxygen atoms in total. The van der Waals surface area contributed by atoms with Crippen LogP contribution in [0.5, 0.6) is 0 Å². The van der Waals surface area contributed by atoms with Gasteiger partial charge in [-0.05, 0) is 38.1 Å². The van der Waals surface area contributed by atoms with Gasteiger partial charge in [0.15, 0.2) is 0 Å². The molecule has 0 aliphatic carbocycles. The Kier molecular flexibility index (Phi) is 7.09. The highest BCUT2D eigenvalue weighted by molar-refractivity contribution is 7.12. The third kappa shape index (κ3) is 4.99. The molecule has 0 bridgehead atoms. The maximum atomic E-state index is 12.5. The lowest BCUT2D eigenvalue weighted by Crippen LogP contribution is -2.50. The van der Waals surface area contributed by atoms with E-state index in [1.807, 2.05) is 11.4 Å². The SMILES string of the molecule is CCOC(=O)C1=C(COC(=O)C2CCN(C(=O)c3cccs3)CC2)NC(=O)N[C@@H]1C. The average molecular weight is 436 g/mol. The summed E-state index contributed by atoms with van der Waals surface area (Å²) in [5.41, 5.74) is 0.462. The number of carbonyl (C=O) groups is 4. The van der Waals surface area contributed by atoms with Crippen molar-refractivity contribution in [3.8, 4) is 0 Å². The van der Waals surface area contributed by atoms with Gasteiger partial charge in [0.05, 0.1) is 34.7 Å². The lowest BCUT2D eigenvalue weighted by atomic mass is 9.97. The number of hydrogen-bond acceptors (Lipinski definition) is 7. The van der Waals surface area contributed by atoms with E-state index in [-0.39, 0.29) is 36.3 Å². The molecule has 0 saturated carbocycles. The summed E-state index contributed by atoms with van der Waals surface area (Å²) in [7, 11) is 0. The van der Waals surface area contributed by atoms with Gasteiger partial charge < -0.3 is 25.0 Å². The van der Waals surface area contributed by atoms with Gasteiger partial charge in [-0.15, -0.1) is 11.3 Å². The summed E-state index contributed by atoms with van der Waals surface area (Å²) in [6.07, 6.45) is 1.01. The van der Waals surface area contributed by atoms with Crippen molar-refractivity contribution in [3.63, 3.8) is 0 Å². The van der Waals surface area contributed by atoms with Crippen LogP contribution in [0.4, 0.5) is 4.79 Å². The normalized spacial score (nSPS) is 19.7. The molecule has 1 saturated heterocycles. The van der Waals surface area contributed by atoms with E-state index in [1.165, 1.54) is 11.3 Å². The van der Waals surface area contributed by atoms with Crippen molar-refractivity contribution in [2.75, 3.05) is 26.3 Å². The van der Waals surface area contributed by atoms with Gasteiger partial charge in [0.2, 0.25) is 0 Å². The molecular formula is C20H25N3O6S. The summed E-state index contributed by atoms with van der Waals surface area (Å²) in [4.78, 5) is 51.3. The summed E-state index contributed by atoms with van der Waals surface area (Å²) >= 11 is 1.40. The molecule has 1 atom stereocenters. The summed E-state index contributed by atoms with van der Waals surface area (Å²) in [6.45, 7) is 4.27. The number of carbonyl (C=O) groups excluding carboxylic acids is 4. The van der Waals surface area contributed by atoms with Gasteiger partial charge in [0.25, 0.3) is 5.91 Å². The number of likely N-dealkylation sites (tertiary alicyclic amines) is 1. The van der Waals surface area contributed by atoms with Crippen molar-refractivity contribution in [3.05, 3.63) is 33.7 Å². The van der Waals surface area contributed by atoms with Crippen LogP contribution in [0.25, 0.3) is 0 Å². The van der Waals surface area contributed by atoms with Crippen LogP contribution in [0.2, 0.25) is 0 Å². The number of rotatable bonds is 6. The molecule has 1 aromatic heterocycles. The lowest BCUT2D eigenvalue weighted by molar-refractivity contribution is -0.149. The van der Waals surface area contributed by atoms with E-state index in [0.29, 0.717) is 30.8 Å². The summed E-state index contributed by atoms with van der Waals surface area (Å²) in [5, 5.41) is 6.98. The predicted molar refractivity (Wildman–Crippen MR) is 109 cm³/mol. The molecule has 1 aromatic rings. The first-order valence-electron chi connectivity index (χ1n) is 9.87. The Morgan fingerprint density at radius 2 is 1.97 bits per heavy atom. The van der Waals surface area contributed by atoms with Gasteiger partial charge >= 0.3 is 18.0 Å². The van der Waals surface area contributed by atoms with E-state index in [1.54, 1.807) is 24.8 Å². The molecule has 2 aliphatic heterocycles. The Bertz CT molecular complexity index is 843. The third-order valence-corrected chi connectivity index (χ3v) is 5.93. The molecule has 0 radical (unpaired) electrons. The average Bonchev–Trinajstić information content (AvgIpc) is 3.26. The number of hydrogen-bond donors (Lipinski definition) is 2. The van der Waals surface area contributed by atoms with Crippen LogP contribution in [0.3, 0.4) is 0 Å². The first-order valence-corrected chi connectivity index (χ1v) is 10.8. The van der Waals surface area contributed by atoms with E-state index in [9.17, 15) is 19.2 Å². The quantitative estimate of drug-likeness (QED) is 0.657. The lowest BCUT2D eigenvalue weighted by Gasteiger charge is -2.31. The minimum absolute atomic E-state index is 0.0209.